The van der Waals surface area contributed by atoms with Crippen LogP contribution in [0.1, 0.15) is 11.1 Å². The van der Waals surface area contributed by atoms with Crippen LogP contribution in [0.3, 0.4) is 0 Å². The molecule has 0 atom stereocenters. The molecule has 0 amide bonds. The summed E-state index contributed by atoms with van der Waals surface area (Å²) in [6.07, 6.45) is 0. The Morgan fingerprint density at radius 1 is 0.652 bits per heavy atom. The number of benzene rings is 3. The summed E-state index contributed by atoms with van der Waals surface area (Å²) in [6, 6.07) is 27.3. The first-order valence-electron chi connectivity index (χ1n) is 7.83. The number of methoxy groups -OCH3 is 1. The van der Waals surface area contributed by atoms with E-state index >= 15 is 0 Å². The van der Waals surface area contributed by atoms with Crippen LogP contribution in [0, 0.1) is 0 Å². The van der Waals surface area contributed by atoms with Gasteiger partial charge in [0.05, 0.1) is 7.11 Å². The van der Waals surface area contributed by atoms with Crippen molar-refractivity contribution < 1.29 is 4.74 Å². The molecule has 0 radical (unpaired) electrons. The molecular weight excluding hydrogens is 282 g/mol. The third-order valence-corrected chi connectivity index (χ3v) is 3.88. The Morgan fingerprint density at radius 2 is 1.17 bits per heavy atom. The van der Waals surface area contributed by atoms with Gasteiger partial charge in [0.15, 0.2) is 0 Å². The lowest BCUT2D eigenvalue weighted by molar-refractivity contribution is 0.415. The van der Waals surface area contributed by atoms with E-state index in [1.807, 2.05) is 18.2 Å². The third-order valence-electron chi connectivity index (χ3n) is 3.88. The van der Waals surface area contributed by atoms with Crippen molar-refractivity contribution in [3.8, 4) is 16.9 Å². The molecule has 3 aromatic rings. The lowest BCUT2D eigenvalue weighted by atomic mass is 10.0. The Bertz CT molecular complexity index is 718. The van der Waals surface area contributed by atoms with Crippen molar-refractivity contribution in [3.63, 3.8) is 0 Å². The van der Waals surface area contributed by atoms with Gasteiger partial charge in [0.2, 0.25) is 0 Å². The van der Waals surface area contributed by atoms with Crippen molar-refractivity contribution in [1.82, 2.24) is 5.32 Å². The van der Waals surface area contributed by atoms with Crippen molar-refractivity contribution in [2.45, 2.75) is 13.1 Å². The first kappa shape index (κ1) is 15.3. The highest BCUT2D eigenvalue weighted by Crippen LogP contribution is 2.22. The van der Waals surface area contributed by atoms with Gasteiger partial charge in [-0.1, -0.05) is 66.7 Å². The van der Waals surface area contributed by atoms with Crippen LogP contribution in [0.5, 0.6) is 5.75 Å². The van der Waals surface area contributed by atoms with E-state index in [-0.39, 0.29) is 0 Å². The summed E-state index contributed by atoms with van der Waals surface area (Å²) in [7, 11) is 1.69. The van der Waals surface area contributed by atoms with Crippen LogP contribution in [0.2, 0.25) is 0 Å². The van der Waals surface area contributed by atoms with E-state index in [1.165, 1.54) is 22.3 Å². The predicted molar refractivity (Wildman–Crippen MR) is 95.4 cm³/mol. The molecule has 0 aromatic heterocycles. The van der Waals surface area contributed by atoms with Crippen LogP contribution < -0.4 is 10.1 Å². The largest absolute Gasteiger partial charge is 0.497 e. The summed E-state index contributed by atoms with van der Waals surface area (Å²) in [5, 5.41) is 3.48. The number of ether oxygens (including phenoxy) is 1. The fraction of sp³-hybridized carbons (Fsp3) is 0.143. The fourth-order valence-electron chi connectivity index (χ4n) is 2.55. The maximum Gasteiger partial charge on any atom is 0.118 e. The molecule has 0 bridgehead atoms. The maximum atomic E-state index is 5.20. The SMILES string of the molecule is COc1ccc(-c2ccc(CNCc3ccccc3)cc2)cc1. The van der Waals surface area contributed by atoms with Crippen LogP contribution in [0.25, 0.3) is 11.1 Å². The van der Waals surface area contributed by atoms with Crippen molar-refractivity contribution in [1.29, 1.82) is 0 Å². The standard InChI is InChI=1S/C21H21NO/c1-23-21-13-11-20(12-14-21)19-9-7-18(8-10-19)16-22-15-17-5-3-2-4-6-17/h2-14,22H,15-16H2,1H3. The Morgan fingerprint density at radius 3 is 1.74 bits per heavy atom. The lowest BCUT2D eigenvalue weighted by Gasteiger charge is -2.07. The molecule has 2 heteroatoms. The summed E-state index contributed by atoms with van der Waals surface area (Å²) in [6.45, 7) is 1.76. The monoisotopic (exact) mass is 303 g/mol. The summed E-state index contributed by atoms with van der Waals surface area (Å²) in [4.78, 5) is 0. The van der Waals surface area contributed by atoms with Gasteiger partial charge < -0.3 is 10.1 Å². The molecule has 0 unspecified atom stereocenters. The molecule has 23 heavy (non-hydrogen) atoms. The normalized spacial score (nSPS) is 10.5. The second kappa shape index (κ2) is 7.61. The zero-order valence-corrected chi connectivity index (χ0v) is 13.3. The van der Waals surface area contributed by atoms with Crippen LogP contribution in [0.4, 0.5) is 0 Å². The summed E-state index contributed by atoms with van der Waals surface area (Å²) in [5.74, 6) is 0.885. The van der Waals surface area contributed by atoms with Gasteiger partial charge in [-0.05, 0) is 34.4 Å². The van der Waals surface area contributed by atoms with Crippen LogP contribution in [-0.4, -0.2) is 7.11 Å². The van der Waals surface area contributed by atoms with Crippen molar-refractivity contribution in [2.75, 3.05) is 7.11 Å². The second-order valence-corrected chi connectivity index (χ2v) is 5.51. The van der Waals surface area contributed by atoms with Gasteiger partial charge in [-0.2, -0.15) is 0 Å². The van der Waals surface area contributed by atoms with E-state index in [1.54, 1.807) is 7.11 Å². The average Bonchev–Trinajstić information content (AvgIpc) is 2.63. The Hall–Kier alpha value is -2.58. The summed E-state index contributed by atoms with van der Waals surface area (Å²) >= 11 is 0. The zero-order valence-electron chi connectivity index (χ0n) is 13.3. The molecule has 0 aliphatic carbocycles. The summed E-state index contributed by atoms with van der Waals surface area (Å²) < 4.78 is 5.20. The molecule has 1 N–H and O–H groups in total. The molecule has 0 saturated carbocycles. The minimum Gasteiger partial charge on any atom is -0.497 e. The van der Waals surface area contributed by atoms with Crippen LogP contribution in [-0.2, 0) is 13.1 Å². The highest BCUT2D eigenvalue weighted by molar-refractivity contribution is 5.64. The zero-order chi connectivity index (χ0) is 15.9. The second-order valence-electron chi connectivity index (χ2n) is 5.51. The Labute approximate surface area is 137 Å². The van der Waals surface area contributed by atoms with Gasteiger partial charge in [0.25, 0.3) is 0 Å². The molecular formula is C21H21NO. The maximum absolute atomic E-state index is 5.20. The van der Waals surface area contributed by atoms with E-state index < -0.39 is 0 Å². The molecule has 3 rings (SSSR count). The molecule has 0 spiro atoms. The molecule has 2 nitrogen and oxygen atoms in total. The molecule has 0 aliphatic heterocycles. The Kier molecular flexibility index (Phi) is 5.07. The molecule has 0 aliphatic rings. The van der Waals surface area contributed by atoms with Crippen molar-refractivity contribution >= 4 is 0 Å². The molecule has 0 heterocycles. The van der Waals surface area contributed by atoms with Gasteiger partial charge in [-0.15, -0.1) is 0 Å². The molecule has 0 fully saturated rings. The highest BCUT2D eigenvalue weighted by atomic mass is 16.5. The van der Waals surface area contributed by atoms with Gasteiger partial charge in [-0.3, -0.25) is 0 Å². The van der Waals surface area contributed by atoms with E-state index in [4.69, 9.17) is 4.74 Å². The van der Waals surface area contributed by atoms with Gasteiger partial charge in [0, 0.05) is 13.1 Å². The Balaban J connectivity index is 1.58. The van der Waals surface area contributed by atoms with Crippen LogP contribution >= 0.6 is 0 Å². The highest BCUT2D eigenvalue weighted by Gasteiger charge is 1.99. The number of rotatable bonds is 6. The number of hydrogen-bond acceptors (Lipinski definition) is 2. The van der Waals surface area contributed by atoms with E-state index in [2.05, 4.69) is 66.0 Å². The lowest BCUT2D eigenvalue weighted by Crippen LogP contribution is -2.12. The average molecular weight is 303 g/mol. The van der Waals surface area contributed by atoms with Gasteiger partial charge >= 0.3 is 0 Å². The smallest absolute Gasteiger partial charge is 0.118 e. The first-order chi connectivity index (χ1) is 11.3. The molecule has 0 saturated heterocycles. The summed E-state index contributed by atoms with van der Waals surface area (Å²) in [5.41, 5.74) is 5.02. The number of hydrogen-bond donors (Lipinski definition) is 1. The van der Waals surface area contributed by atoms with Gasteiger partial charge in [-0.25, -0.2) is 0 Å². The minimum atomic E-state index is 0.873. The van der Waals surface area contributed by atoms with E-state index in [9.17, 15) is 0 Å². The van der Waals surface area contributed by atoms with E-state index in [0.717, 1.165) is 18.8 Å². The topological polar surface area (TPSA) is 21.3 Å². The number of nitrogens with one attached hydrogen (secondary N) is 1. The van der Waals surface area contributed by atoms with Gasteiger partial charge in [0.1, 0.15) is 5.75 Å². The molecule has 3 aromatic carbocycles. The van der Waals surface area contributed by atoms with E-state index in [0.29, 0.717) is 0 Å². The van der Waals surface area contributed by atoms with Crippen molar-refractivity contribution in [3.05, 3.63) is 90.0 Å². The van der Waals surface area contributed by atoms with Crippen LogP contribution in [0.15, 0.2) is 78.9 Å². The minimum absolute atomic E-state index is 0.873. The third kappa shape index (κ3) is 4.21. The first-order valence-corrected chi connectivity index (χ1v) is 7.83. The molecule has 116 valence electrons. The quantitative estimate of drug-likeness (QED) is 0.715. The fourth-order valence-corrected chi connectivity index (χ4v) is 2.55. The predicted octanol–water partition coefficient (Wildman–Crippen LogP) is 4.65. The van der Waals surface area contributed by atoms with Crippen molar-refractivity contribution in [2.24, 2.45) is 0 Å².